The second-order valence-corrected chi connectivity index (χ2v) is 7.25. The number of carbonyl (C=O) groups is 1. The number of aryl methyl sites for hydroxylation is 1. The highest BCUT2D eigenvalue weighted by Crippen LogP contribution is 2.24. The van der Waals surface area contributed by atoms with Crippen molar-refractivity contribution in [1.82, 2.24) is 20.2 Å². The van der Waals surface area contributed by atoms with Gasteiger partial charge in [-0.1, -0.05) is 71.9 Å². The standard InChI is InChI=1S/C21H23N5OS/c1-4-26-20(18-12-10-15(2)11-13-18)24-25-21(26)28-14-19(27)23-22-16(3)17-8-6-5-7-9-17/h5-13H,4,14H2,1-3H3,(H,23,27). The van der Waals surface area contributed by atoms with Crippen LogP contribution in [-0.4, -0.2) is 32.1 Å². The van der Waals surface area contributed by atoms with Crippen LogP contribution in [0.2, 0.25) is 0 Å². The molecule has 0 radical (unpaired) electrons. The molecule has 2 aromatic carbocycles. The topological polar surface area (TPSA) is 72.2 Å². The molecule has 1 aromatic heterocycles. The first-order valence-corrected chi connectivity index (χ1v) is 10.1. The maximum atomic E-state index is 12.2. The van der Waals surface area contributed by atoms with Crippen molar-refractivity contribution < 1.29 is 4.79 Å². The lowest BCUT2D eigenvalue weighted by molar-refractivity contribution is -0.118. The van der Waals surface area contributed by atoms with Gasteiger partial charge in [0.2, 0.25) is 0 Å². The zero-order chi connectivity index (χ0) is 19.9. The number of hydrogen-bond donors (Lipinski definition) is 1. The third kappa shape index (κ3) is 4.86. The first-order chi connectivity index (χ1) is 13.6. The summed E-state index contributed by atoms with van der Waals surface area (Å²) in [5, 5.41) is 13.5. The second kappa shape index (κ2) is 9.32. The Morgan fingerprint density at radius 2 is 1.82 bits per heavy atom. The molecule has 0 fully saturated rings. The summed E-state index contributed by atoms with van der Waals surface area (Å²) in [4.78, 5) is 12.2. The highest BCUT2D eigenvalue weighted by atomic mass is 32.2. The number of benzene rings is 2. The van der Waals surface area contributed by atoms with Gasteiger partial charge in [0.1, 0.15) is 0 Å². The second-order valence-electron chi connectivity index (χ2n) is 6.30. The third-order valence-electron chi connectivity index (χ3n) is 4.22. The summed E-state index contributed by atoms with van der Waals surface area (Å²) in [6, 6.07) is 17.9. The lowest BCUT2D eigenvalue weighted by Gasteiger charge is -2.07. The molecule has 144 valence electrons. The number of thioether (sulfide) groups is 1. The van der Waals surface area contributed by atoms with Gasteiger partial charge in [-0.05, 0) is 26.3 Å². The Balaban J connectivity index is 1.63. The molecule has 3 rings (SSSR count). The van der Waals surface area contributed by atoms with Gasteiger partial charge in [-0.25, -0.2) is 5.43 Å². The molecule has 7 heteroatoms. The van der Waals surface area contributed by atoms with Crippen LogP contribution in [0.15, 0.2) is 64.9 Å². The first kappa shape index (κ1) is 19.8. The fraction of sp³-hybridized carbons (Fsp3) is 0.238. The van der Waals surface area contributed by atoms with Gasteiger partial charge in [-0.3, -0.25) is 4.79 Å². The molecule has 3 aromatic rings. The van der Waals surface area contributed by atoms with Crippen LogP contribution in [0.1, 0.15) is 25.0 Å². The van der Waals surface area contributed by atoms with Crippen LogP contribution in [-0.2, 0) is 11.3 Å². The average Bonchev–Trinajstić information content (AvgIpc) is 3.14. The molecule has 0 atom stereocenters. The van der Waals surface area contributed by atoms with Crippen molar-refractivity contribution in [2.75, 3.05) is 5.75 Å². The van der Waals surface area contributed by atoms with Crippen molar-refractivity contribution in [3.05, 3.63) is 65.7 Å². The average molecular weight is 394 g/mol. The van der Waals surface area contributed by atoms with Crippen LogP contribution in [0.4, 0.5) is 0 Å². The van der Waals surface area contributed by atoms with E-state index >= 15 is 0 Å². The molecule has 0 aliphatic rings. The molecule has 0 spiro atoms. The zero-order valence-electron chi connectivity index (χ0n) is 16.2. The van der Waals surface area contributed by atoms with E-state index in [9.17, 15) is 4.79 Å². The molecule has 0 saturated heterocycles. The van der Waals surface area contributed by atoms with Crippen molar-refractivity contribution in [3.63, 3.8) is 0 Å². The Labute approximate surface area is 169 Å². The molecule has 0 aliphatic carbocycles. The van der Waals surface area contributed by atoms with Gasteiger partial charge in [-0.2, -0.15) is 5.10 Å². The lowest BCUT2D eigenvalue weighted by atomic mass is 10.1. The first-order valence-electron chi connectivity index (χ1n) is 9.10. The van der Waals surface area contributed by atoms with Gasteiger partial charge < -0.3 is 4.57 Å². The largest absolute Gasteiger partial charge is 0.302 e. The molecule has 1 amide bonds. The summed E-state index contributed by atoms with van der Waals surface area (Å²) in [6.07, 6.45) is 0. The molecule has 1 N–H and O–H groups in total. The summed E-state index contributed by atoms with van der Waals surface area (Å²) in [7, 11) is 0. The van der Waals surface area contributed by atoms with Gasteiger partial charge in [0, 0.05) is 12.1 Å². The van der Waals surface area contributed by atoms with Gasteiger partial charge in [0.05, 0.1) is 11.5 Å². The predicted octanol–water partition coefficient (Wildman–Crippen LogP) is 3.91. The van der Waals surface area contributed by atoms with E-state index < -0.39 is 0 Å². The molecule has 0 unspecified atom stereocenters. The summed E-state index contributed by atoms with van der Waals surface area (Å²) in [5.74, 6) is 0.851. The molecule has 1 heterocycles. The van der Waals surface area contributed by atoms with Crippen molar-refractivity contribution in [2.24, 2.45) is 5.10 Å². The van der Waals surface area contributed by atoms with Gasteiger partial charge in [0.25, 0.3) is 5.91 Å². The number of amides is 1. The number of nitrogens with one attached hydrogen (secondary N) is 1. The van der Waals surface area contributed by atoms with Gasteiger partial charge in [0.15, 0.2) is 11.0 Å². The highest BCUT2D eigenvalue weighted by molar-refractivity contribution is 7.99. The Bertz CT molecular complexity index is 964. The van der Waals surface area contributed by atoms with Crippen LogP contribution in [0.25, 0.3) is 11.4 Å². The maximum Gasteiger partial charge on any atom is 0.250 e. The predicted molar refractivity (Wildman–Crippen MR) is 113 cm³/mol. The van der Waals surface area contributed by atoms with Crippen LogP contribution in [0.3, 0.4) is 0 Å². The van der Waals surface area contributed by atoms with E-state index in [0.29, 0.717) is 0 Å². The Morgan fingerprint density at radius 3 is 2.50 bits per heavy atom. The van der Waals surface area contributed by atoms with E-state index in [1.165, 1.54) is 17.3 Å². The van der Waals surface area contributed by atoms with E-state index in [4.69, 9.17) is 0 Å². The number of carbonyl (C=O) groups excluding carboxylic acids is 1. The molecule has 0 bridgehead atoms. The summed E-state index contributed by atoms with van der Waals surface area (Å²) in [5.41, 5.74) is 6.55. The van der Waals surface area contributed by atoms with Crippen LogP contribution in [0.5, 0.6) is 0 Å². The number of rotatable bonds is 7. The van der Waals surface area contributed by atoms with E-state index in [1.54, 1.807) is 0 Å². The molecular weight excluding hydrogens is 370 g/mol. The summed E-state index contributed by atoms with van der Waals surface area (Å²) >= 11 is 1.35. The SMILES string of the molecule is CCn1c(SCC(=O)NN=C(C)c2ccccc2)nnc1-c1ccc(C)cc1. The number of hydrazone groups is 1. The highest BCUT2D eigenvalue weighted by Gasteiger charge is 2.14. The maximum absolute atomic E-state index is 12.2. The van der Waals surface area contributed by atoms with Gasteiger partial charge in [-0.15, -0.1) is 10.2 Å². The minimum Gasteiger partial charge on any atom is -0.302 e. The quantitative estimate of drug-likeness (QED) is 0.375. The molecule has 6 nitrogen and oxygen atoms in total. The smallest absolute Gasteiger partial charge is 0.250 e. The molecule has 0 aliphatic heterocycles. The van der Waals surface area contributed by atoms with Crippen molar-refractivity contribution >= 4 is 23.4 Å². The Kier molecular flexibility index (Phi) is 6.60. The Morgan fingerprint density at radius 1 is 1.11 bits per heavy atom. The number of hydrogen-bond acceptors (Lipinski definition) is 5. The van der Waals surface area contributed by atoms with Crippen LogP contribution >= 0.6 is 11.8 Å². The minimum absolute atomic E-state index is 0.178. The van der Waals surface area contributed by atoms with E-state index in [2.05, 4.69) is 39.8 Å². The molecule has 0 saturated carbocycles. The summed E-state index contributed by atoms with van der Waals surface area (Å²) in [6.45, 7) is 6.69. The molecular formula is C21H23N5OS. The van der Waals surface area contributed by atoms with Gasteiger partial charge >= 0.3 is 0 Å². The fourth-order valence-electron chi connectivity index (χ4n) is 2.65. The van der Waals surface area contributed by atoms with Crippen molar-refractivity contribution in [3.8, 4) is 11.4 Å². The third-order valence-corrected chi connectivity index (χ3v) is 5.18. The van der Waals surface area contributed by atoms with E-state index in [-0.39, 0.29) is 11.7 Å². The fourth-order valence-corrected chi connectivity index (χ4v) is 3.44. The van der Waals surface area contributed by atoms with Crippen LogP contribution in [0, 0.1) is 6.92 Å². The van der Waals surface area contributed by atoms with Crippen LogP contribution < -0.4 is 5.43 Å². The van der Waals surface area contributed by atoms with E-state index in [1.807, 2.05) is 60.9 Å². The monoisotopic (exact) mass is 393 g/mol. The summed E-state index contributed by atoms with van der Waals surface area (Å²) < 4.78 is 2.01. The van der Waals surface area contributed by atoms with E-state index in [0.717, 1.165) is 34.4 Å². The zero-order valence-corrected chi connectivity index (χ0v) is 17.0. The lowest BCUT2D eigenvalue weighted by Crippen LogP contribution is -2.21. The number of aromatic nitrogens is 3. The normalized spacial score (nSPS) is 11.5. The minimum atomic E-state index is -0.178. The molecule has 28 heavy (non-hydrogen) atoms. The van der Waals surface area contributed by atoms with Crippen molar-refractivity contribution in [1.29, 1.82) is 0 Å². The Hall–Kier alpha value is -2.93. The van der Waals surface area contributed by atoms with Crippen molar-refractivity contribution in [2.45, 2.75) is 32.5 Å². The number of nitrogens with zero attached hydrogens (tertiary/aromatic N) is 4.